The van der Waals surface area contributed by atoms with Crippen LogP contribution in [0.3, 0.4) is 0 Å². The molecule has 2 aliphatic heterocycles. The van der Waals surface area contributed by atoms with Gasteiger partial charge < -0.3 is 4.90 Å². The molecule has 0 bridgehead atoms. The van der Waals surface area contributed by atoms with Gasteiger partial charge in [-0.05, 0) is 18.9 Å². The van der Waals surface area contributed by atoms with Crippen LogP contribution in [0.25, 0.3) is 5.70 Å². The third-order valence-electron chi connectivity index (χ3n) is 3.90. The first kappa shape index (κ1) is 14.1. The summed E-state index contributed by atoms with van der Waals surface area (Å²) in [6, 6.07) is 6.71. The van der Waals surface area contributed by atoms with Crippen molar-refractivity contribution in [1.82, 2.24) is 9.62 Å². The van der Waals surface area contributed by atoms with Crippen molar-refractivity contribution in [3.63, 3.8) is 0 Å². The summed E-state index contributed by atoms with van der Waals surface area (Å²) in [7, 11) is -3.53. The van der Waals surface area contributed by atoms with E-state index in [1.54, 1.807) is 29.2 Å². The molecule has 112 valence electrons. The number of nitrogens with zero attached hydrogens (tertiary/aromatic N) is 1. The summed E-state index contributed by atoms with van der Waals surface area (Å²) in [6.07, 6.45) is 5.73. The van der Waals surface area contributed by atoms with E-state index in [-0.39, 0.29) is 10.8 Å². The Hall–Kier alpha value is -1.82. The summed E-state index contributed by atoms with van der Waals surface area (Å²) >= 11 is 0. The maximum Gasteiger partial charge on any atom is 0.262 e. The van der Waals surface area contributed by atoms with Crippen molar-refractivity contribution in [3.8, 4) is 0 Å². The monoisotopic (exact) mass is 306 g/mol. The Bertz CT molecular complexity index is 687. The summed E-state index contributed by atoms with van der Waals surface area (Å²) in [5.41, 5.74) is 0.945. The molecule has 0 radical (unpaired) electrons. The van der Waals surface area contributed by atoms with E-state index in [1.165, 1.54) is 6.08 Å². The number of benzene rings is 1. The lowest BCUT2D eigenvalue weighted by Crippen LogP contribution is -2.31. The molecule has 5 nitrogen and oxygen atoms in total. The Kier molecular flexibility index (Phi) is 3.71. The molecule has 1 N–H and O–H groups in total. The summed E-state index contributed by atoms with van der Waals surface area (Å²) in [5, 5.41) is 0. The summed E-state index contributed by atoms with van der Waals surface area (Å²) in [5.74, 6) is -0.119. The van der Waals surface area contributed by atoms with Crippen molar-refractivity contribution in [1.29, 1.82) is 0 Å². The second kappa shape index (κ2) is 5.52. The van der Waals surface area contributed by atoms with E-state index < -0.39 is 10.0 Å². The van der Waals surface area contributed by atoms with Gasteiger partial charge in [-0.2, -0.15) is 0 Å². The third-order valence-corrected chi connectivity index (χ3v) is 5.32. The fourth-order valence-electron chi connectivity index (χ4n) is 2.79. The highest BCUT2D eigenvalue weighted by atomic mass is 32.2. The second-order valence-corrected chi connectivity index (χ2v) is 7.05. The minimum Gasteiger partial charge on any atom is -0.339 e. The maximum absolute atomic E-state index is 12.3. The second-order valence-electron chi connectivity index (χ2n) is 5.40. The number of likely N-dealkylation sites (tertiary alicyclic amines) is 1. The van der Waals surface area contributed by atoms with Crippen LogP contribution in [0.1, 0.15) is 31.2 Å². The zero-order chi connectivity index (χ0) is 14.9. The van der Waals surface area contributed by atoms with Crippen LogP contribution in [0.5, 0.6) is 0 Å². The molecule has 1 saturated heterocycles. The summed E-state index contributed by atoms with van der Waals surface area (Å²) < 4.78 is 26.5. The van der Waals surface area contributed by atoms with E-state index >= 15 is 0 Å². The third kappa shape index (κ3) is 2.81. The van der Waals surface area contributed by atoms with Gasteiger partial charge in [0.15, 0.2) is 0 Å². The van der Waals surface area contributed by atoms with E-state index in [4.69, 9.17) is 0 Å². The van der Waals surface area contributed by atoms with Crippen molar-refractivity contribution in [2.24, 2.45) is 0 Å². The molecule has 2 heterocycles. The fraction of sp³-hybridized carbons (Fsp3) is 0.400. The first-order valence-electron chi connectivity index (χ1n) is 7.21. The van der Waals surface area contributed by atoms with Gasteiger partial charge in [0.2, 0.25) is 5.91 Å². The predicted molar refractivity (Wildman–Crippen MR) is 79.8 cm³/mol. The Morgan fingerprint density at radius 1 is 1.10 bits per heavy atom. The molecule has 1 fully saturated rings. The minimum atomic E-state index is -3.53. The first-order valence-corrected chi connectivity index (χ1v) is 8.69. The van der Waals surface area contributed by atoms with Crippen LogP contribution in [0.2, 0.25) is 0 Å². The molecular weight excluding hydrogens is 288 g/mol. The molecule has 0 atom stereocenters. The van der Waals surface area contributed by atoms with Crippen molar-refractivity contribution in [2.45, 2.75) is 30.6 Å². The Labute approximate surface area is 124 Å². The average molecular weight is 306 g/mol. The number of carbonyl (C=O) groups excluding carboxylic acids is 1. The quantitative estimate of drug-likeness (QED) is 0.803. The molecule has 0 spiro atoms. The number of rotatable bonds is 1. The number of nitrogens with one attached hydrogen (secondary N) is 1. The van der Waals surface area contributed by atoms with Crippen LogP contribution < -0.4 is 4.72 Å². The first-order chi connectivity index (χ1) is 10.1. The normalized spacial score (nSPS) is 22.5. The topological polar surface area (TPSA) is 66.5 Å². The summed E-state index contributed by atoms with van der Waals surface area (Å²) in [4.78, 5) is 14.4. The number of fused-ring (bicyclic) bond motifs is 1. The molecule has 2 aliphatic rings. The van der Waals surface area contributed by atoms with Gasteiger partial charge in [-0.15, -0.1) is 0 Å². The van der Waals surface area contributed by atoms with Crippen LogP contribution in [0.15, 0.2) is 35.2 Å². The van der Waals surface area contributed by atoms with E-state index in [9.17, 15) is 13.2 Å². The van der Waals surface area contributed by atoms with Crippen LogP contribution in [0, 0.1) is 0 Å². The molecule has 6 heteroatoms. The van der Waals surface area contributed by atoms with Crippen LogP contribution in [-0.2, 0) is 14.8 Å². The SMILES string of the molecule is O=C(C=C1NS(=O)(=O)c2ccccc21)N1CCCCCC1. The Balaban J connectivity index is 1.89. The standard InChI is InChI=1S/C15H18N2O3S/c18-15(17-9-5-1-2-6-10-17)11-13-12-7-3-4-8-14(12)21(19,20)16-13/h3-4,7-8,11,16H,1-2,5-6,9-10H2. The molecule has 0 aliphatic carbocycles. The molecule has 21 heavy (non-hydrogen) atoms. The van der Waals surface area contributed by atoms with Crippen LogP contribution in [0.4, 0.5) is 0 Å². The lowest BCUT2D eigenvalue weighted by Gasteiger charge is -2.18. The van der Waals surface area contributed by atoms with Crippen molar-refractivity contribution >= 4 is 21.6 Å². The number of hydrogen-bond donors (Lipinski definition) is 1. The van der Waals surface area contributed by atoms with E-state index in [0.29, 0.717) is 11.3 Å². The van der Waals surface area contributed by atoms with Crippen molar-refractivity contribution in [3.05, 3.63) is 35.9 Å². The average Bonchev–Trinajstić information content (AvgIpc) is 2.66. The largest absolute Gasteiger partial charge is 0.339 e. The fourth-order valence-corrected chi connectivity index (χ4v) is 4.08. The zero-order valence-corrected chi connectivity index (χ0v) is 12.5. The number of carbonyl (C=O) groups is 1. The molecule has 0 aromatic heterocycles. The zero-order valence-electron chi connectivity index (χ0n) is 11.7. The van der Waals surface area contributed by atoms with Crippen LogP contribution >= 0.6 is 0 Å². The maximum atomic E-state index is 12.3. The van der Waals surface area contributed by atoms with Gasteiger partial charge in [0.1, 0.15) is 0 Å². The molecular formula is C15H18N2O3S. The number of sulfonamides is 1. The van der Waals surface area contributed by atoms with E-state index in [0.717, 1.165) is 38.8 Å². The molecule has 1 amide bonds. The van der Waals surface area contributed by atoms with Gasteiger partial charge >= 0.3 is 0 Å². The lowest BCUT2D eigenvalue weighted by atomic mass is 10.1. The Morgan fingerprint density at radius 3 is 2.48 bits per heavy atom. The van der Waals surface area contributed by atoms with Gasteiger partial charge in [-0.25, -0.2) is 8.42 Å². The van der Waals surface area contributed by atoms with Gasteiger partial charge in [0.05, 0.1) is 10.6 Å². The van der Waals surface area contributed by atoms with Crippen molar-refractivity contribution < 1.29 is 13.2 Å². The molecule has 3 rings (SSSR count). The lowest BCUT2D eigenvalue weighted by molar-refractivity contribution is -0.125. The predicted octanol–water partition coefficient (Wildman–Crippen LogP) is 1.72. The van der Waals surface area contributed by atoms with Gasteiger partial charge in [-0.3, -0.25) is 9.52 Å². The van der Waals surface area contributed by atoms with Crippen molar-refractivity contribution in [2.75, 3.05) is 13.1 Å². The molecule has 1 aromatic carbocycles. The highest BCUT2D eigenvalue weighted by Gasteiger charge is 2.29. The Morgan fingerprint density at radius 2 is 1.76 bits per heavy atom. The molecule has 0 saturated carbocycles. The molecule has 0 unspecified atom stereocenters. The van der Waals surface area contributed by atoms with Gasteiger partial charge in [-0.1, -0.05) is 31.0 Å². The number of hydrogen-bond acceptors (Lipinski definition) is 3. The smallest absolute Gasteiger partial charge is 0.262 e. The number of amides is 1. The summed E-state index contributed by atoms with van der Waals surface area (Å²) in [6.45, 7) is 1.49. The van der Waals surface area contributed by atoms with E-state index in [2.05, 4.69) is 4.72 Å². The van der Waals surface area contributed by atoms with Crippen LogP contribution in [-0.4, -0.2) is 32.3 Å². The highest BCUT2D eigenvalue weighted by molar-refractivity contribution is 7.90. The van der Waals surface area contributed by atoms with Gasteiger partial charge in [0.25, 0.3) is 10.0 Å². The highest BCUT2D eigenvalue weighted by Crippen LogP contribution is 2.29. The molecule has 1 aromatic rings. The minimum absolute atomic E-state index is 0.119. The van der Waals surface area contributed by atoms with E-state index in [1.807, 2.05) is 0 Å². The van der Waals surface area contributed by atoms with Gasteiger partial charge in [0, 0.05) is 24.7 Å².